The molecule has 4 heterocycles. The first-order valence-corrected chi connectivity index (χ1v) is 13.4. The number of rotatable bonds is 7. The number of nitrogens with zero attached hydrogens (tertiary/aromatic N) is 7. The number of benzene rings is 1. The summed E-state index contributed by atoms with van der Waals surface area (Å²) in [6.45, 7) is 5.65. The summed E-state index contributed by atoms with van der Waals surface area (Å²) in [6, 6.07) is 12.4. The largest absolute Gasteiger partial charge is 0.352 e. The Morgan fingerprint density at radius 2 is 1.85 bits per heavy atom. The summed E-state index contributed by atoms with van der Waals surface area (Å²) in [5, 5.41) is 10.5. The Kier molecular flexibility index (Phi) is 7.81. The zero-order valence-electron chi connectivity index (χ0n) is 23.5. The molecule has 1 aromatic carbocycles. The smallest absolute Gasteiger partial charge is 0.321 e. The summed E-state index contributed by atoms with van der Waals surface area (Å²) in [5.74, 6) is 0.508. The Bertz CT molecular complexity index is 1610. The molecule has 0 radical (unpaired) electrons. The third-order valence-corrected chi connectivity index (χ3v) is 6.91. The summed E-state index contributed by atoms with van der Waals surface area (Å²) in [4.78, 5) is 49.6. The van der Waals surface area contributed by atoms with Crippen molar-refractivity contribution >= 4 is 23.4 Å². The fourth-order valence-corrected chi connectivity index (χ4v) is 4.71. The van der Waals surface area contributed by atoms with Gasteiger partial charge in [0, 0.05) is 75.4 Å². The van der Waals surface area contributed by atoms with Crippen molar-refractivity contribution in [3.8, 4) is 5.69 Å². The molecule has 1 aliphatic heterocycles. The van der Waals surface area contributed by atoms with Crippen LogP contribution >= 0.6 is 0 Å². The lowest BCUT2D eigenvalue weighted by molar-refractivity contribution is 0.0944. The van der Waals surface area contributed by atoms with E-state index in [2.05, 4.69) is 39.3 Å². The van der Waals surface area contributed by atoms with Crippen molar-refractivity contribution < 1.29 is 9.59 Å². The summed E-state index contributed by atoms with van der Waals surface area (Å²) >= 11 is 0. The predicted molar refractivity (Wildman–Crippen MR) is 155 cm³/mol. The molecule has 2 N–H and O–H groups in total. The molecule has 0 saturated heterocycles. The van der Waals surface area contributed by atoms with Gasteiger partial charge in [0.05, 0.1) is 11.9 Å². The summed E-state index contributed by atoms with van der Waals surface area (Å²) in [6.07, 6.45) is 5.30. The maximum absolute atomic E-state index is 13.4. The molecule has 0 atom stereocenters. The maximum atomic E-state index is 13.4. The third-order valence-electron chi connectivity index (χ3n) is 6.91. The third kappa shape index (κ3) is 5.96. The van der Waals surface area contributed by atoms with Crippen LogP contribution in [0.15, 0.2) is 66.0 Å². The highest BCUT2D eigenvalue weighted by Gasteiger charge is 2.29. The van der Waals surface area contributed by atoms with Gasteiger partial charge in [0.15, 0.2) is 5.69 Å². The van der Waals surface area contributed by atoms with Gasteiger partial charge in [0.2, 0.25) is 0 Å². The van der Waals surface area contributed by atoms with Gasteiger partial charge in [0.25, 0.3) is 11.5 Å². The average molecular weight is 556 g/mol. The molecule has 0 fully saturated rings. The fraction of sp³-hybridized carbons (Fsp3) is 0.310. The van der Waals surface area contributed by atoms with Crippen LogP contribution in [0.1, 0.15) is 47.2 Å². The molecule has 3 amide bonds. The summed E-state index contributed by atoms with van der Waals surface area (Å²) in [5.41, 5.74) is 4.38. The standard InChI is InChI=1S/C29H33N9O3/c1-19(2)38-24-12-14-36(25-10-9-22(16-31-25)37-18-30-13-11-26(37)39)17-23(24)27(34-38)28(40)32-15-20-5-7-21(8-6-20)33-29(41)35(3)4/h5-11,13,16,18-19H,12,14-15,17H2,1-4H3,(H,32,40)(H,33,41). The van der Waals surface area contributed by atoms with Gasteiger partial charge in [-0.05, 0) is 43.7 Å². The van der Waals surface area contributed by atoms with Crippen LogP contribution in [0.3, 0.4) is 0 Å². The highest BCUT2D eigenvalue weighted by molar-refractivity contribution is 5.94. The lowest BCUT2D eigenvalue weighted by Crippen LogP contribution is -2.33. The summed E-state index contributed by atoms with van der Waals surface area (Å²) in [7, 11) is 3.36. The van der Waals surface area contributed by atoms with Crippen molar-refractivity contribution in [3.05, 3.63) is 94.1 Å². The number of hydrogen-bond acceptors (Lipinski definition) is 7. The first-order valence-electron chi connectivity index (χ1n) is 13.4. The molecule has 0 aliphatic carbocycles. The molecule has 0 spiro atoms. The van der Waals surface area contributed by atoms with Crippen LogP contribution in [0.5, 0.6) is 0 Å². The minimum atomic E-state index is -0.244. The predicted octanol–water partition coefficient (Wildman–Crippen LogP) is 2.99. The Labute approximate surface area is 237 Å². The van der Waals surface area contributed by atoms with Crippen LogP contribution in [-0.4, -0.2) is 61.8 Å². The molecule has 0 saturated carbocycles. The van der Waals surface area contributed by atoms with Gasteiger partial charge in [0.1, 0.15) is 12.1 Å². The van der Waals surface area contributed by atoms with E-state index in [0.29, 0.717) is 30.2 Å². The number of fused-ring (bicyclic) bond motifs is 1. The second-order valence-electron chi connectivity index (χ2n) is 10.4. The topological polar surface area (TPSA) is 130 Å². The van der Waals surface area contributed by atoms with Gasteiger partial charge in [-0.15, -0.1) is 0 Å². The van der Waals surface area contributed by atoms with Gasteiger partial charge in [-0.3, -0.25) is 18.8 Å². The van der Waals surface area contributed by atoms with Crippen LogP contribution in [0.25, 0.3) is 5.69 Å². The van der Waals surface area contributed by atoms with E-state index in [4.69, 9.17) is 5.10 Å². The van der Waals surface area contributed by atoms with Crippen molar-refractivity contribution in [2.75, 3.05) is 30.9 Å². The summed E-state index contributed by atoms with van der Waals surface area (Å²) < 4.78 is 3.38. The number of hydrogen-bond donors (Lipinski definition) is 2. The molecule has 12 heteroatoms. The highest BCUT2D eigenvalue weighted by atomic mass is 16.2. The van der Waals surface area contributed by atoms with Crippen LogP contribution in [-0.2, 0) is 19.5 Å². The van der Waals surface area contributed by atoms with E-state index < -0.39 is 0 Å². The van der Waals surface area contributed by atoms with Crippen LogP contribution in [0, 0.1) is 0 Å². The first-order chi connectivity index (χ1) is 19.7. The van der Waals surface area contributed by atoms with Crippen LogP contribution in [0.4, 0.5) is 16.3 Å². The normalized spacial score (nSPS) is 12.7. The lowest BCUT2D eigenvalue weighted by atomic mass is 10.0. The van der Waals surface area contributed by atoms with Crippen molar-refractivity contribution in [2.45, 2.75) is 39.4 Å². The average Bonchev–Trinajstić information content (AvgIpc) is 3.36. The van der Waals surface area contributed by atoms with Gasteiger partial charge in [-0.25, -0.2) is 14.8 Å². The Balaban J connectivity index is 1.31. The van der Waals surface area contributed by atoms with E-state index >= 15 is 0 Å². The molecular weight excluding hydrogens is 522 g/mol. The minimum Gasteiger partial charge on any atom is -0.352 e. The fourth-order valence-electron chi connectivity index (χ4n) is 4.71. The first kappa shape index (κ1) is 27.6. The molecule has 0 unspecified atom stereocenters. The molecule has 4 aromatic rings. The number of carbonyl (C=O) groups excluding carboxylic acids is 2. The van der Waals surface area contributed by atoms with E-state index in [9.17, 15) is 14.4 Å². The molecular formula is C29H33N9O3. The molecule has 0 bridgehead atoms. The SMILES string of the molecule is CC(C)n1nc(C(=O)NCc2ccc(NC(=O)N(C)C)cc2)c2c1CCN(c1ccc(-n3cnccc3=O)cn1)C2. The zero-order valence-corrected chi connectivity index (χ0v) is 23.5. The molecule has 1 aliphatic rings. The van der Waals surface area contributed by atoms with Gasteiger partial charge in [-0.1, -0.05) is 12.1 Å². The van der Waals surface area contributed by atoms with Crippen molar-refractivity contribution in [1.29, 1.82) is 0 Å². The number of amides is 3. The van der Waals surface area contributed by atoms with Crippen molar-refractivity contribution in [1.82, 2.24) is 34.5 Å². The number of urea groups is 1. The molecule has 212 valence electrons. The second kappa shape index (κ2) is 11.6. The number of anilines is 2. The highest BCUT2D eigenvalue weighted by Crippen LogP contribution is 2.28. The Hall–Kier alpha value is -5.00. The number of nitrogens with one attached hydrogen (secondary N) is 2. The molecule has 5 rings (SSSR count). The lowest BCUT2D eigenvalue weighted by Gasteiger charge is -2.29. The Morgan fingerprint density at radius 1 is 1.07 bits per heavy atom. The second-order valence-corrected chi connectivity index (χ2v) is 10.4. The Morgan fingerprint density at radius 3 is 2.51 bits per heavy atom. The minimum absolute atomic E-state index is 0.108. The van der Waals surface area contributed by atoms with E-state index in [1.165, 1.54) is 28.1 Å². The van der Waals surface area contributed by atoms with Crippen molar-refractivity contribution in [2.24, 2.45) is 0 Å². The molecule has 12 nitrogen and oxygen atoms in total. The number of pyridine rings is 1. The van der Waals surface area contributed by atoms with Gasteiger partial charge in [-0.2, -0.15) is 5.10 Å². The zero-order chi connectivity index (χ0) is 29.1. The number of carbonyl (C=O) groups is 2. The van der Waals surface area contributed by atoms with Crippen LogP contribution in [0.2, 0.25) is 0 Å². The van der Waals surface area contributed by atoms with E-state index in [-0.39, 0.29) is 23.5 Å². The monoisotopic (exact) mass is 555 g/mol. The van der Waals surface area contributed by atoms with E-state index in [1.807, 2.05) is 28.9 Å². The quantitative estimate of drug-likeness (QED) is 0.359. The van der Waals surface area contributed by atoms with Gasteiger partial charge >= 0.3 is 6.03 Å². The molecule has 41 heavy (non-hydrogen) atoms. The van der Waals surface area contributed by atoms with Crippen molar-refractivity contribution in [3.63, 3.8) is 0 Å². The number of aromatic nitrogens is 5. The van der Waals surface area contributed by atoms with E-state index in [0.717, 1.165) is 35.6 Å². The molecule has 3 aromatic heterocycles. The van der Waals surface area contributed by atoms with Crippen LogP contribution < -0.4 is 21.1 Å². The van der Waals surface area contributed by atoms with Gasteiger partial charge < -0.3 is 20.4 Å². The van der Waals surface area contributed by atoms with E-state index in [1.54, 1.807) is 32.4 Å². The maximum Gasteiger partial charge on any atom is 0.321 e.